The van der Waals surface area contributed by atoms with Crippen molar-refractivity contribution >= 4 is 29.8 Å². The molecule has 0 spiro atoms. The quantitative estimate of drug-likeness (QED) is 0.573. The Morgan fingerprint density at radius 2 is 2.33 bits per heavy atom. The van der Waals surface area contributed by atoms with Gasteiger partial charge in [0, 0.05) is 7.11 Å². The van der Waals surface area contributed by atoms with E-state index in [4.69, 9.17) is 14.9 Å². The van der Waals surface area contributed by atoms with Crippen molar-refractivity contribution in [1.82, 2.24) is 4.90 Å². The van der Waals surface area contributed by atoms with E-state index in [0.29, 0.717) is 0 Å². The SMILES string of the molecule is CO[C@@H]1[C@H](O)[C@@H](CO)O[C@H]1N1C(=O)N=C2C(=N)N=CN=C21. The van der Waals surface area contributed by atoms with Crippen molar-refractivity contribution in [2.75, 3.05) is 13.7 Å². The lowest BCUT2D eigenvalue weighted by Gasteiger charge is -2.27. The van der Waals surface area contributed by atoms with E-state index < -0.39 is 37.2 Å². The fourth-order valence-electron chi connectivity index (χ4n) is 2.45. The predicted molar refractivity (Wildman–Crippen MR) is 70.9 cm³/mol. The van der Waals surface area contributed by atoms with E-state index in [-0.39, 0.29) is 17.4 Å². The molecule has 3 heterocycles. The van der Waals surface area contributed by atoms with Crippen LogP contribution in [0.3, 0.4) is 0 Å². The van der Waals surface area contributed by atoms with Crippen LogP contribution in [0.2, 0.25) is 0 Å². The van der Waals surface area contributed by atoms with Crippen LogP contribution in [0.1, 0.15) is 0 Å². The van der Waals surface area contributed by atoms with Gasteiger partial charge < -0.3 is 19.7 Å². The third-order valence-corrected chi connectivity index (χ3v) is 3.46. The standard InChI is InChI=1S/C11H13N5O5/c1-20-7-6(18)4(2-17)21-10(7)16-9-5(15-11(16)19)8(12)13-3-14-9/h3-4,6-7,10,12,17-18H,2H2,1H3/t4-,6-,7-,10-/m1/s1. The molecule has 0 saturated carbocycles. The number of nitrogens with one attached hydrogen (secondary N) is 1. The zero-order valence-corrected chi connectivity index (χ0v) is 11.0. The number of amidine groups is 2. The topological polar surface area (TPSA) is 140 Å². The van der Waals surface area contributed by atoms with Crippen molar-refractivity contribution in [2.24, 2.45) is 15.0 Å². The fraction of sp³-hybridized carbons (Fsp3) is 0.545. The van der Waals surface area contributed by atoms with E-state index in [1.165, 1.54) is 7.11 Å². The Kier molecular flexibility index (Phi) is 3.37. The summed E-state index contributed by atoms with van der Waals surface area (Å²) < 4.78 is 10.6. The van der Waals surface area contributed by atoms with Crippen molar-refractivity contribution < 1.29 is 24.5 Å². The Morgan fingerprint density at radius 3 is 3.00 bits per heavy atom. The maximum atomic E-state index is 12.1. The zero-order chi connectivity index (χ0) is 15.1. The summed E-state index contributed by atoms with van der Waals surface area (Å²) >= 11 is 0. The first kappa shape index (κ1) is 13.9. The van der Waals surface area contributed by atoms with Gasteiger partial charge in [0.15, 0.2) is 23.6 Å². The van der Waals surface area contributed by atoms with Crippen molar-refractivity contribution in [3.05, 3.63) is 0 Å². The van der Waals surface area contributed by atoms with Gasteiger partial charge in [-0.15, -0.1) is 0 Å². The smallest absolute Gasteiger partial charge is 0.352 e. The van der Waals surface area contributed by atoms with Gasteiger partial charge in [0.2, 0.25) is 0 Å². The van der Waals surface area contributed by atoms with Gasteiger partial charge in [-0.3, -0.25) is 5.41 Å². The van der Waals surface area contributed by atoms with Crippen LogP contribution in [-0.2, 0) is 9.47 Å². The second-order valence-electron chi connectivity index (χ2n) is 4.60. The fourth-order valence-corrected chi connectivity index (χ4v) is 2.45. The summed E-state index contributed by atoms with van der Waals surface area (Å²) in [7, 11) is 1.36. The number of ether oxygens (including phenoxy) is 2. The number of methoxy groups -OCH3 is 1. The first-order valence-electron chi connectivity index (χ1n) is 6.17. The number of aliphatic imine (C=N–C) groups is 3. The molecule has 21 heavy (non-hydrogen) atoms. The zero-order valence-electron chi connectivity index (χ0n) is 11.0. The van der Waals surface area contributed by atoms with Gasteiger partial charge in [0.25, 0.3) is 0 Å². The molecule has 3 N–H and O–H groups in total. The highest BCUT2D eigenvalue weighted by atomic mass is 16.6. The second-order valence-corrected chi connectivity index (χ2v) is 4.60. The van der Waals surface area contributed by atoms with Crippen molar-refractivity contribution in [1.29, 1.82) is 5.41 Å². The van der Waals surface area contributed by atoms with Gasteiger partial charge in [-0.25, -0.2) is 19.7 Å². The largest absolute Gasteiger partial charge is 0.394 e. The highest BCUT2D eigenvalue weighted by molar-refractivity contribution is 6.72. The van der Waals surface area contributed by atoms with Crippen molar-refractivity contribution in [3.63, 3.8) is 0 Å². The molecule has 0 radical (unpaired) electrons. The van der Waals surface area contributed by atoms with E-state index >= 15 is 0 Å². The van der Waals surface area contributed by atoms with E-state index in [0.717, 1.165) is 11.2 Å². The number of hydrogen-bond donors (Lipinski definition) is 3. The number of fused-ring (bicyclic) bond motifs is 1. The number of rotatable bonds is 3. The van der Waals surface area contributed by atoms with Gasteiger partial charge in [0.05, 0.1) is 6.61 Å². The molecular weight excluding hydrogens is 282 g/mol. The summed E-state index contributed by atoms with van der Waals surface area (Å²) in [6.07, 6.45) is -2.70. The molecule has 112 valence electrons. The molecule has 0 aromatic heterocycles. The van der Waals surface area contributed by atoms with Crippen LogP contribution in [-0.4, -0.2) is 83.1 Å². The molecular formula is C11H13N5O5. The van der Waals surface area contributed by atoms with Gasteiger partial charge >= 0.3 is 6.03 Å². The van der Waals surface area contributed by atoms with Gasteiger partial charge in [0.1, 0.15) is 24.7 Å². The minimum Gasteiger partial charge on any atom is -0.394 e. The van der Waals surface area contributed by atoms with Gasteiger partial charge in [-0.1, -0.05) is 0 Å². The van der Waals surface area contributed by atoms with Crippen molar-refractivity contribution in [3.8, 4) is 0 Å². The Labute approximate surface area is 118 Å². The molecule has 10 heteroatoms. The van der Waals surface area contributed by atoms with E-state index in [2.05, 4.69) is 15.0 Å². The van der Waals surface area contributed by atoms with Crippen LogP contribution in [0.4, 0.5) is 4.79 Å². The number of hydrogen-bond acceptors (Lipinski definition) is 7. The molecule has 3 rings (SSSR count). The number of aliphatic hydroxyl groups excluding tert-OH is 2. The van der Waals surface area contributed by atoms with Crippen LogP contribution in [0.25, 0.3) is 0 Å². The number of carbonyl (C=O) groups excluding carboxylic acids is 1. The number of nitrogens with zero attached hydrogens (tertiary/aromatic N) is 4. The third-order valence-electron chi connectivity index (χ3n) is 3.46. The molecule has 0 aliphatic carbocycles. The lowest BCUT2D eigenvalue weighted by Crippen LogP contribution is -2.50. The molecule has 0 aromatic rings. The number of urea groups is 1. The first-order chi connectivity index (χ1) is 10.1. The Morgan fingerprint density at radius 1 is 1.57 bits per heavy atom. The summed E-state index contributed by atoms with van der Waals surface area (Å²) in [5.74, 6) is -0.0556. The minimum atomic E-state index is -1.10. The lowest BCUT2D eigenvalue weighted by molar-refractivity contribution is -0.0635. The molecule has 0 unspecified atom stereocenters. The number of amides is 2. The van der Waals surface area contributed by atoms with Gasteiger partial charge in [-0.2, -0.15) is 4.99 Å². The van der Waals surface area contributed by atoms with E-state index in [9.17, 15) is 15.0 Å². The molecule has 3 aliphatic rings. The maximum absolute atomic E-state index is 12.1. The lowest BCUT2D eigenvalue weighted by atomic mass is 10.1. The second kappa shape index (κ2) is 5.07. The predicted octanol–water partition coefficient (Wildman–Crippen LogP) is -1.63. The molecule has 10 nitrogen and oxygen atoms in total. The highest BCUT2D eigenvalue weighted by Gasteiger charge is 2.52. The van der Waals surface area contributed by atoms with Gasteiger partial charge in [-0.05, 0) is 0 Å². The summed E-state index contributed by atoms with van der Waals surface area (Å²) in [4.78, 5) is 24.5. The molecule has 1 saturated heterocycles. The minimum absolute atomic E-state index is 0.0443. The van der Waals surface area contributed by atoms with Crippen LogP contribution in [0.5, 0.6) is 0 Å². The Bertz CT molecular complexity index is 586. The molecule has 1 fully saturated rings. The first-order valence-corrected chi connectivity index (χ1v) is 6.17. The molecule has 0 bridgehead atoms. The molecule has 0 aromatic carbocycles. The average molecular weight is 295 g/mol. The monoisotopic (exact) mass is 295 g/mol. The van der Waals surface area contributed by atoms with E-state index in [1.54, 1.807) is 0 Å². The van der Waals surface area contributed by atoms with Crippen LogP contribution in [0, 0.1) is 5.41 Å². The Hall–Kier alpha value is -2.01. The van der Waals surface area contributed by atoms with Crippen molar-refractivity contribution in [2.45, 2.75) is 24.5 Å². The third kappa shape index (κ3) is 2.00. The molecule has 2 amide bonds. The van der Waals surface area contributed by atoms with Crippen LogP contribution < -0.4 is 0 Å². The normalized spacial score (nSPS) is 35.1. The number of aliphatic hydroxyl groups is 2. The highest BCUT2D eigenvalue weighted by Crippen LogP contribution is 2.29. The number of carbonyl (C=O) groups is 1. The summed E-state index contributed by atoms with van der Waals surface area (Å²) in [5, 5.41) is 26.8. The van der Waals surface area contributed by atoms with E-state index in [1.807, 2.05) is 0 Å². The summed E-state index contributed by atoms with van der Waals surface area (Å²) in [5.41, 5.74) is 0.0443. The van der Waals surface area contributed by atoms with Crippen LogP contribution in [0.15, 0.2) is 15.0 Å². The van der Waals surface area contributed by atoms with Crippen LogP contribution >= 0.6 is 0 Å². The summed E-state index contributed by atoms with van der Waals surface area (Å²) in [6, 6.07) is -0.683. The molecule has 4 atom stereocenters. The Balaban J connectivity index is 1.94. The maximum Gasteiger partial charge on any atom is 0.352 e. The average Bonchev–Trinajstić information content (AvgIpc) is 2.96. The molecule has 3 aliphatic heterocycles. The summed E-state index contributed by atoms with van der Waals surface area (Å²) in [6.45, 7) is -0.420.